The summed E-state index contributed by atoms with van der Waals surface area (Å²) in [7, 11) is 0. The Morgan fingerprint density at radius 1 is 1.43 bits per heavy atom. The lowest BCUT2D eigenvalue weighted by atomic mass is 10.0. The number of nitrogens with zero attached hydrogens (tertiary/aromatic N) is 4. The molecule has 1 aliphatic heterocycles. The maximum absolute atomic E-state index is 11.3. The van der Waals surface area contributed by atoms with E-state index in [4.69, 9.17) is 0 Å². The number of benzene rings is 1. The maximum atomic E-state index is 11.3. The number of hydrogen-bond acceptors (Lipinski definition) is 5. The highest BCUT2D eigenvalue weighted by molar-refractivity contribution is 5.41. The Kier molecular flexibility index (Phi) is 3.96. The van der Waals surface area contributed by atoms with Gasteiger partial charge in [-0.1, -0.05) is 18.3 Å². The van der Waals surface area contributed by atoms with E-state index < -0.39 is 10.6 Å². The summed E-state index contributed by atoms with van der Waals surface area (Å²) in [5, 5.41) is 22.1. The second-order valence-corrected chi connectivity index (χ2v) is 5.67. The van der Waals surface area contributed by atoms with Crippen molar-refractivity contribution in [2.24, 2.45) is 0 Å². The first kappa shape index (κ1) is 15.4. The van der Waals surface area contributed by atoms with Gasteiger partial charge in [0.05, 0.1) is 17.7 Å². The standard InChI is InChI=1S/C16H19N4O3/c1-2-3-11-19-15-17-9-4-10-18(15)12-16(19,21)13-5-7-14(8-6-13)20(22)23/h4-10,21H,2-3,11-12H2,1H3/q+1. The van der Waals surface area contributed by atoms with Gasteiger partial charge in [-0.3, -0.25) is 10.1 Å². The fourth-order valence-corrected chi connectivity index (χ4v) is 2.93. The predicted octanol–water partition coefficient (Wildman–Crippen LogP) is 1.74. The molecule has 7 heteroatoms. The molecule has 1 aromatic heterocycles. The maximum Gasteiger partial charge on any atom is 0.396 e. The number of rotatable bonds is 5. The summed E-state index contributed by atoms with van der Waals surface area (Å²) >= 11 is 0. The molecule has 0 aliphatic carbocycles. The molecule has 0 spiro atoms. The molecule has 3 rings (SSSR count). The molecule has 1 aliphatic rings. The summed E-state index contributed by atoms with van der Waals surface area (Å²) in [5.41, 5.74) is -0.602. The van der Waals surface area contributed by atoms with Gasteiger partial charge in [0.15, 0.2) is 0 Å². The number of non-ortho nitro benzene ring substituents is 1. The fourth-order valence-electron chi connectivity index (χ4n) is 2.93. The van der Waals surface area contributed by atoms with Crippen molar-refractivity contribution in [1.29, 1.82) is 0 Å². The molecular weight excluding hydrogens is 296 g/mol. The van der Waals surface area contributed by atoms with Crippen LogP contribution in [0.15, 0.2) is 42.7 Å². The van der Waals surface area contributed by atoms with Crippen LogP contribution in [0.5, 0.6) is 0 Å². The normalized spacial score (nSPS) is 19.7. The minimum atomic E-state index is -1.24. The van der Waals surface area contributed by atoms with Crippen molar-refractivity contribution in [3.8, 4) is 0 Å². The van der Waals surface area contributed by atoms with Crippen LogP contribution in [0, 0.1) is 10.1 Å². The molecule has 1 atom stereocenters. The molecule has 0 radical (unpaired) electrons. The highest BCUT2D eigenvalue weighted by atomic mass is 16.6. The molecule has 1 unspecified atom stereocenters. The van der Waals surface area contributed by atoms with E-state index in [-0.39, 0.29) is 5.69 Å². The topological polar surface area (TPSA) is 83.4 Å². The number of nitro benzene ring substituents is 1. The highest BCUT2D eigenvalue weighted by Crippen LogP contribution is 2.34. The highest BCUT2D eigenvalue weighted by Gasteiger charge is 2.51. The van der Waals surface area contributed by atoms with Gasteiger partial charge in [0.25, 0.3) is 5.69 Å². The second kappa shape index (κ2) is 5.92. The molecule has 23 heavy (non-hydrogen) atoms. The third-order valence-electron chi connectivity index (χ3n) is 4.15. The molecule has 0 amide bonds. The molecule has 7 nitrogen and oxygen atoms in total. The molecule has 0 bridgehead atoms. The number of anilines is 1. The lowest BCUT2D eigenvalue weighted by molar-refractivity contribution is -0.685. The van der Waals surface area contributed by atoms with E-state index in [1.807, 2.05) is 21.7 Å². The van der Waals surface area contributed by atoms with Gasteiger partial charge in [0, 0.05) is 23.8 Å². The lowest BCUT2D eigenvalue weighted by Gasteiger charge is -2.28. The Bertz CT molecular complexity index is 720. The number of fused-ring (bicyclic) bond motifs is 1. The molecule has 0 saturated carbocycles. The SMILES string of the molecule is CCCCN1c2nccc[n+]2CC1(O)c1ccc([N+](=O)[O-])cc1. The van der Waals surface area contributed by atoms with Crippen molar-refractivity contribution in [2.45, 2.75) is 32.0 Å². The van der Waals surface area contributed by atoms with Crippen molar-refractivity contribution in [1.82, 2.24) is 4.98 Å². The van der Waals surface area contributed by atoms with Crippen molar-refractivity contribution >= 4 is 11.6 Å². The summed E-state index contributed by atoms with van der Waals surface area (Å²) in [5.74, 6) is 0.710. The first-order valence-electron chi connectivity index (χ1n) is 7.65. The zero-order valence-electron chi connectivity index (χ0n) is 12.9. The molecule has 120 valence electrons. The first-order valence-corrected chi connectivity index (χ1v) is 7.65. The Balaban J connectivity index is 2.00. The summed E-state index contributed by atoms with van der Waals surface area (Å²) in [4.78, 5) is 16.6. The van der Waals surface area contributed by atoms with E-state index in [0.717, 1.165) is 12.8 Å². The van der Waals surface area contributed by atoms with Crippen LogP contribution in [0.25, 0.3) is 0 Å². The summed E-state index contributed by atoms with van der Waals surface area (Å²) in [6.07, 6.45) is 5.50. The lowest BCUT2D eigenvalue weighted by Crippen LogP contribution is -2.46. The van der Waals surface area contributed by atoms with E-state index in [2.05, 4.69) is 11.9 Å². The van der Waals surface area contributed by atoms with Crippen molar-refractivity contribution in [3.63, 3.8) is 0 Å². The van der Waals surface area contributed by atoms with Gasteiger partial charge in [0.2, 0.25) is 5.72 Å². The number of aromatic nitrogens is 2. The van der Waals surface area contributed by atoms with Gasteiger partial charge in [-0.05, 0) is 18.6 Å². The smallest absolute Gasteiger partial charge is 0.353 e. The molecule has 1 N–H and O–H groups in total. The third kappa shape index (κ3) is 2.63. The van der Waals surface area contributed by atoms with E-state index in [0.29, 0.717) is 24.6 Å². The summed E-state index contributed by atoms with van der Waals surface area (Å²) < 4.78 is 1.90. The average molecular weight is 315 g/mol. The minimum Gasteiger partial charge on any atom is -0.353 e. The van der Waals surface area contributed by atoms with E-state index >= 15 is 0 Å². The molecule has 2 aromatic rings. The molecule has 0 fully saturated rings. The van der Waals surface area contributed by atoms with Crippen LogP contribution in [0.1, 0.15) is 25.3 Å². The van der Waals surface area contributed by atoms with Gasteiger partial charge in [-0.25, -0.2) is 9.47 Å². The minimum absolute atomic E-state index is 0.0127. The number of aliphatic hydroxyl groups is 1. The Morgan fingerprint density at radius 3 is 2.83 bits per heavy atom. The van der Waals surface area contributed by atoms with Crippen LogP contribution in [0.4, 0.5) is 11.6 Å². The Hall–Kier alpha value is -2.54. The van der Waals surface area contributed by atoms with Crippen LogP contribution in [-0.4, -0.2) is 21.6 Å². The fraction of sp³-hybridized carbons (Fsp3) is 0.375. The van der Waals surface area contributed by atoms with E-state index in [1.165, 1.54) is 12.1 Å². The van der Waals surface area contributed by atoms with Crippen LogP contribution in [-0.2, 0) is 12.3 Å². The van der Waals surface area contributed by atoms with Gasteiger partial charge < -0.3 is 5.11 Å². The first-order chi connectivity index (χ1) is 11.1. The van der Waals surface area contributed by atoms with Crippen LogP contribution in [0.3, 0.4) is 0 Å². The third-order valence-corrected chi connectivity index (χ3v) is 4.15. The predicted molar refractivity (Wildman–Crippen MR) is 83.7 cm³/mol. The number of hydrogen-bond donors (Lipinski definition) is 1. The summed E-state index contributed by atoms with van der Waals surface area (Å²) in [6, 6.07) is 7.90. The zero-order valence-corrected chi connectivity index (χ0v) is 12.9. The van der Waals surface area contributed by atoms with Gasteiger partial charge in [-0.2, -0.15) is 0 Å². The van der Waals surface area contributed by atoms with E-state index in [1.54, 1.807) is 18.3 Å². The monoisotopic (exact) mass is 315 g/mol. The molecule has 0 saturated heterocycles. The largest absolute Gasteiger partial charge is 0.396 e. The van der Waals surface area contributed by atoms with Crippen molar-refractivity contribution in [2.75, 3.05) is 11.4 Å². The Labute approximate surface area is 134 Å². The quantitative estimate of drug-likeness (QED) is 0.516. The summed E-state index contributed by atoms with van der Waals surface area (Å²) in [6.45, 7) is 3.10. The van der Waals surface area contributed by atoms with E-state index in [9.17, 15) is 15.2 Å². The van der Waals surface area contributed by atoms with Crippen molar-refractivity contribution < 1.29 is 14.6 Å². The Morgan fingerprint density at radius 2 is 2.17 bits per heavy atom. The van der Waals surface area contributed by atoms with Crippen molar-refractivity contribution in [3.05, 3.63) is 58.4 Å². The average Bonchev–Trinajstić information content (AvgIpc) is 2.85. The second-order valence-electron chi connectivity index (χ2n) is 5.67. The van der Waals surface area contributed by atoms with Crippen LogP contribution >= 0.6 is 0 Å². The number of nitro groups is 1. The van der Waals surface area contributed by atoms with Gasteiger partial charge in [-0.15, -0.1) is 0 Å². The molecular formula is C16H19N4O3+. The van der Waals surface area contributed by atoms with Crippen LogP contribution in [0.2, 0.25) is 0 Å². The van der Waals surface area contributed by atoms with Gasteiger partial charge in [0.1, 0.15) is 12.7 Å². The van der Waals surface area contributed by atoms with Gasteiger partial charge >= 0.3 is 5.95 Å². The molecule has 2 heterocycles. The molecule has 1 aromatic carbocycles. The zero-order chi connectivity index (χ0) is 16.4. The number of unbranched alkanes of at least 4 members (excludes halogenated alkanes) is 1. The van der Waals surface area contributed by atoms with Crippen LogP contribution < -0.4 is 9.47 Å².